The van der Waals surface area contributed by atoms with E-state index in [9.17, 15) is 0 Å². The van der Waals surface area contributed by atoms with Crippen molar-refractivity contribution in [3.63, 3.8) is 0 Å². The fourth-order valence-corrected chi connectivity index (χ4v) is 2.39. The van der Waals surface area contributed by atoms with Crippen molar-refractivity contribution in [1.82, 2.24) is 20.0 Å². The van der Waals surface area contributed by atoms with Gasteiger partial charge in [0.25, 0.3) is 0 Å². The zero-order valence-electron chi connectivity index (χ0n) is 13.1. The van der Waals surface area contributed by atoms with Crippen LogP contribution in [-0.2, 0) is 18.3 Å². The summed E-state index contributed by atoms with van der Waals surface area (Å²) in [6.45, 7) is 6.36. The van der Waals surface area contributed by atoms with Gasteiger partial charge in [-0.3, -0.25) is 4.68 Å². The fourth-order valence-electron chi connectivity index (χ4n) is 2.39. The molecule has 1 aromatic heterocycles. The molecule has 1 fully saturated rings. The van der Waals surface area contributed by atoms with Crippen molar-refractivity contribution in [1.29, 1.82) is 0 Å². The second kappa shape index (κ2) is 9.24. The highest BCUT2D eigenvalue weighted by Gasteiger charge is 2.18. The molecule has 1 unspecified atom stereocenters. The molecule has 1 saturated heterocycles. The van der Waals surface area contributed by atoms with Gasteiger partial charge in [-0.1, -0.05) is 0 Å². The topological polar surface area (TPSA) is 54.7 Å². The van der Waals surface area contributed by atoms with Crippen molar-refractivity contribution < 1.29 is 4.74 Å². The predicted molar refractivity (Wildman–Crippen MR) is 95.0 cm³/mol. The molecule has 1 aliphatic rings. The largest absolute Gasteiger partial charge is 0.381 e. The Morgan fingerprint density at radius 3 is 3.00 bits per heavy atom. The molecule has 2 rings (SSSR count). The summed E-state index contributed by atoms with van der Waals surface area (Å²) in [5.41, 5.74) is 1.13. The van der Waals surface area contributed by atoms with Gasteiger partial charge in [0.1, 0.15) is 0 Å². The molecule has 2 heterocycles. The number of nitrogens with one attached hydrogen (secondary N) is 1. The molecule has 0 bridgehead atoms. The van der Waals surface area contributed by atoms with E-state index >= 15 is 0 Å². The van der Waals surface area contributed by atoms with Crippen LogP contribution in [0.3, 0.4) is 0 Å². The standard InChI is InChI=1S/C14H25N5O.HI/c1-4-15-14(16-7-13-8-17-19(3)10-13)18(2)9-12-5-6-20-11-12;/h8,10,12H,4-7,9,11H2,1-3H3,(H,15,16);1H. The first-order chi connectivity index (χ1) is 9.69. The number of rotatable bonds is 5. The highest BCUT2D eigenvalue weighted by atomic mass is 127. The smallest absolute Gasteiger partial charge is 0.193 e. The van der Waals surface area contributed by atoms with Crippen molar-refractivity contribution in [3.8, 4) is 0 Å². The highest BCUT2D eigenvalue weighted by molar-refractivity contribution is 14.0. The van der Waals surface area contributed by atoms with E-state index in [1.807, 2.05) is 19.4 Å². The van der Waals surface area contributed by atoms with Crippen LogP contribution < -0.4 is 5.32 Å². The van der Waals surface area contributed by atoms with Crippen LogP contribution in [0, 0.1) is 5.92 Å². The number of guanidine groups is 1. The van der Waals surface area contributed by atoms with Crippen LogP contribution in [0.25, 0.3) is 0 Å². The highest BCUT2D eigenvalue weighted by Crippen LogP contribution is 2.13. The Labute approximate surface area is 144 Å². The average Bonchev–Trinajstić information content (AvgIpc) is 3.06. The molecule has 21 heavy (non-hydrogen) atoms. The van der Waals surface area contributed by atoms with E-state index in [0.29, 0.717) is 12.5 Å². The van der Waals surface area contributed by atoms with Gasteiger partial charge in [-0.25, -0.2) is 4.99 Å². The second-order valence-electron chi connectivity index (χ2n) is 5.30. The molecule has 0 aromatic carbocycles. The minimum absolute atomic E-state index is 0. The van der Waals surface area contributed by atoms with E-state index in [-0.39, 0.29) is 24.0 Å². The van der Waals surface area contributed by atoms with Gasteiger partial charge in [-0.05, 0) is 13.3 Å². The van der Waals surface area contributed by atoms with Gasteiger partial charge in [0, 0.05) is 51.5 Å². The zero-order valence-corrected chi connectivity index (χ0v) is 15.4. The summed E-state index contributed by atoms with van der Waals surface area (Å²) in [5.74, 6) is 1.56. The van der Waals surface area contributed by atoms with Gasteiger partial charge < -0.3 is 15.0 Å². The molecule has 1 aliphatic heterocycles. The second-order valence-corrected chi connectivity index (χ2v) is 5.30. The molecule has 0 amide bonds. The Morgan fingerprint density at radius 1 is 1.62 bits per heavy atom. The van der Waals surface area contributed by atoms with Crippen LogP contribution in [0.4, 0.5) is 0 Å². The third-order valence-electron chi connectivity index (χ3n) is 3.42. The van der Waals surface area contributed by atoms with Gasteiger partial charge in [-0.2, -0.15) is 5.10 Å². The minimum Gasteiger partial charge on any atom is -0.381 e. The van der Waals surface area contributed by atoms with E-state index in [1.54, 1.807) is 4.68 Å². The first kappa shape index (κ1) is 18.2. The molecule has 0 saturated carbocycles. The lowest BCUT2D eigenvalue weighted by molar-refractivity contribution is 0.181. The number of aliphatic imine (C=N–C) groups is 1. The average molecular weight is 407 g/mol. The van der Waals surface area contributed by atoms with Crippen molar-refractivity contribution >= 4 is 29.9 Å². The van der Waals surface area contributed by atoms with Gasteiger partial charge >= 0.3 is 0 Å². The third-order valence-corrected chi connectivity index (χ3v) is 3.42. The molecule has 0 aliphatic carbocycles. The van der Waals surface area contributed by atoms with E-state index in [0.717, 1.165) is 44.2 Å². The predicted octanol–water partition coefficient (Wildman–Crippen LogP) is 1.47. The number of aromatic nitrogens is 2. The van der Waals surface area contributed by atoms with Gasteiger partial charge in [0.2, 0.25) is 0 Å². The molecule has 1 aromatic rings. The van der Waals surface area contributed by atoms with E-state index in [2.05, 4.69) is 34.3 Å². The normalized spacial score (nSPS) is 18.4. The number of nitrogens with zero attached hydrogens (tertiary/aromatic N) is 4. The van der Waals surface area contributed by atoms with Crippen LogP contribution >= 0.6 is 24.0 Å². The quantitative estimate of drug-likeness (QED) is 0.457. The molecule has 7 heteroatoms. The Balaban J connectivity index is 0.00000220. The molecule has 0 radical (unpaired) electrons. The summed E-state index contributed by atoms with van der Waals surface area (Å²) in [5, 5.41) is 7.51. The maximum atomic E-state index is 5.43. The number of aryl methyl sites for hydroxylation is 1. The molecule has 6 nitrogen and oxygen atoms in total. The lowest BCUT2D eigenvalue weighted by Gasteiger charge is -2.24. The minimum atomic E-state index is 0. The van der Waals surface area contributed by atoms with Gasteiger partial charge in [0.05, 0.1) is 19.3 Å². The Bertz CT molecular complexity index is 442. The maximum absolute atomic E-state index is 5.43. The van der Waals surface area contributed by atoms with Crippen molar-refractivity contribution in [3.05, 3.63) is 18.0 Å². The first-order valence-corrected chi connectivity index (χ1v) is 7.23. The van der Waals surface area contributed by atoms with Gasteiger partial charge in [0.15, 0.2) is 5.96 Å². The molecule has 0 spiro atoms. The molecule has 120 valence electrons. The lowest BCUT2D eigenvalue weighted by Crippen LogP contribution is -2.41. The SMILES string of the molecule is CCNC(=NCc1cnn(C)c1)N(C)CC1CCOC1.I. The van der Waals surface area contributed by atoms with Crippen molar-refractivity contribution in [2.75, 3.05) is 33.4 Å². The summed E-state index contributed by atoms with van der Waals surface area (Å²) < 4.78 is 7.23. The Morgan fingerprint density at radius 2 is 2.43 bits per heavy atom. The number of halogens is 1. The summed E-state index contributed by atoms with van der Waals surface area (Å²) in [4.78, 5) is 6.87. The molecular formula is C14H26IN5O. The van der Waals surface area contributed by atoms with E-state index in [4.69, 9.17) is 4.74 Å². The number of ether oxygens (including phenoxy) is 1. The molecular weight excluding hydrogens is 381 g/mol. The number of hydrogen-bond acceptors (Lipinski definition) is 3. The van der Waals surface area contributed by atoms with Crippen molar-refractivity contribution in [2.45, 2.75) is 19.9 Å². The van der Waals surface area contributed by atoms with Gasteiger partial charge in [-0.15, -0.1) is 24.0 Å². The third kappa shape index (κ3) is 5.82. The lowest BCUT2D eigenvalue weighted by atomic mass is 10.1. The van der Waals surface area contributed by atoms with Crippen LogP contribution in [0.15, 0.2) is 17.4 Å². The Kier molecular flexibility index (Phi) is 8.02. The Hall–Kier alpha value is -0.830. The number of hydrogen-bond donors (Lipinski definition) is 1. The van der Waals surface area contributed by atoms with Crippen LogP contribution in [0.2, 0.25) is 0 Å². The zero-order chi connectivity index (χ0) is 14.4. The fraction of sp³-hybridized carbons (Fsp3) is 0.714. The van der Waals surface area contributed by atoms with Crippen LogP contribution in [0.1, 0.15) is 18.9 Å². The summed E-state index contributed by atoms with van der Waals surface area (Å²) in [6, 6.07) is 0. The first-order valence-electron chi connectivity index (χ1n) is 7.23. The molecule has 1 atom stereocenters. The van der Waals surface area contributed by atoms with E-state index < -0.39 is 0 Å². The monoisotopic (exact) mass is 407 g/mol. The summed E-state index contributed by atoms with van der Waals surface area (Å²) in [6.07, 6.45) is 5.00. The maximum Gasteiger partial charge on any atom is 0.193 e. The summed E-state index contributed by atoms with van der Waals surface area (Å²) in [7, 11) is 4.01. The molecule has 1 N–H and O–H groups in total. The van der Waals surface area contributed by atoms with Crippen LogP contribution in [0.5, 0.6) is 0 Å². The van der Waals surface area contributed by atoms with Crippen molar-refractivity contribution in [2.24, 2.45) is 18.0 Å². The van der Waals surface area contributed by atoms with Crippen LogP contribution in [-0.4, -0.2) is 54.0 Å². The summed E-state index contributed by atoms with van der Waals surface area (Å²) >= 11 is 0. The van der Waals surface area contributed by atoms with E-state index in [1.165, 1.54) is 0 Å².